The summed E-state index contributed by atoms with van der Waals surface area (Å²) in [4.78, 5) is 7.86. The van der Waals surface area contributed by atoms with Crippen LogP contribution in [-0.2, 0) is 19.6 Å². The van der Waals surface area contributed by atoms with Gasteiger partial charge in [-0.05, 0) is 72.4 Å². The normalized spacial score (nSPS) is 15.3. The molecule has 4 rings (SSSR count). The van der Waals surface area contributed by atoms with Crippen LogP contribution in [0.15, 0.2) is 72.8 Å². The molecule has 6 heteroatoms. The summed E-state index contributed by atoms with van der Waals surface area (Å²) in [6.45, 7) is 18.1. The number of rotatable bonds is 18. The number of unbranched alkanes of at least 4 members (excludes halogenated alkanes) is 3. The Morgan fingerprint density at radius 2 is 0.644 bits per heavy atom. The molecule has 246 valence electrons. The molecule has 0 amide bonds. The highest BCUT2D eigenvalue weighted by Gasteiger charge is 2.18. The van der Waals surface area contributed by atoms with Gasteiger partial charge in [0.2, 0.25) is 0 Å². The average molecular weight is 616 g/mol. The second kappa shape index (κ2) is 20.1. The Hall–Kier alpha value is -3.06. The second-order valence-electron chi connectivity index (χ2n) is 12.4. The van der Waals surface area contributed by atoms with Crippen molar-refractivity contribution >= 4 is 0 Å². The maximum absolute atomic E-state index is 5.91. The van der Waals surface area contributed by atoms with Gasteiger partial charge in [0, 0.05) is 58.9 Å². The van der Waals surface area contributed by atoms with Crippen molar-refractivity contribution in [1.82, 2.24) is 14.7 Å². The highest BCUT2D eigenvalue weighted by molar-refractivity contribution is 5.29. The fourth-order valence-corrected chi connectivity index (χ4v) is 5.51. The summed E-state index contributed by atoms with van der Waals surface area (Å²) in [6.07, 6.45) is 6.73. The molecule has 0 N–H and O–H groups in total. The first-order valence-electron chi connectivity index (χ1n) is 17.5. The zero-order chi connectivity index (χ0) is 31.5. The lowest BCUT2D eigenvalue weighted by molar-refractivity contribution is 0.209. The van der Waals surface area contributed by atoms with E-state index in [1.807, 2.05) is 0 Å². The summed E-state index contributed by atoms with van der Waals surface area (Å²) in [6, 6.07) is 26.2. The summed E-state index contributed by atoms with van der Waals surface area (Å²) in [5.74, 6) is 2.91. The van der Waals surface area contributed by atoms with Crippen LogP contribution in [0, 0.1) is 0 Å². The van der Waals surface area contributed by atoms with E-state index in [4.69, 9.17) is 14.2 Å². The summed E-state index contributed by atoms with van der Waals surface area (Å²) in [5, 5.41) is 0. The lowest BCUT2D eigenvalue weighted by Crippen LogP contribution is -2.35. The van der Waals surface area contributed by atoms with Crippen LogP contribution in [0.25, 0.3) is 0 Å². The Morgan fingerprint density at radius 1 is 0.400 bits per heavy atom. The number of nitrogens with zero attached hydrogens (tertiary/aromatic N) is 3. The van der Waals surface area contributed by atoms with Gasteiger partial charge in [0.15, 0.2) is 0 Å². The van der Waals surface area contributed by atoms with Crippen molar-refractivity contribution in [2.75, 3.05) is 59.1 Å². The molecule has 0 bridgehead atoms. The SMILES string of the molecule is CCCCOc1ccc(CN2CCN(Cc3ccc(OCCCC)cc3)CCN(Cc3ccc(OCCCC)cc3)CC2)cc1. The molecule has 0 unspecified atom stereocenters. The van der Waals surface area contributed by atoms with E-state index < -0.39 is 0 Å². The smallest absolute Gasteiger partial charge is 0.119 e. The third-order valence-electron chi connectivity index (χ3n) is 8.49. The van der Waals surface area contributed by atoms with Crippen LogP contribution in [0.4, 0.5) is 0 Å². The third kappa shape index (κ3) is 13.1. The topological polar surface area (TPSA) is 37.4 Å². The van der Waals surface area contributed by atoms with Gasteiger partial charge in [-0.15, -0.1) is 0 Å². The predicted octanol–water partition coefficient (Wildman–Crippen LogP) is 8.04. The minimum absolute atomic E-state index is 0.789. The maximum Gasteiger partial charge on any atom is 0.119 e. The van der Waals surface area contributed by atoms with Gasteiger partial charge in [-0.3, -0.25) is 14.7 Å². The zero-order valence-electron chi connectivity index (χ0n) is 28.2. The Labute approximate surface area is 273 Å². The van der Waals surface area contributed by atoms with E-state index in [0.717, 1.165) is 134 Å². The Bertz CT molecular complexity index is 1020. The van der Waals surface area contributed by atoms with E-state index >= 15 is 0 Å². The summed E-state index contributed by atoms with van der Waals surface area (Å²) >= 11 is 0. The van der Waals surface area contributed by atoms with Gasteiger partial charge in [-0.2, -0.15) is 0 Å². The minimum atomic E-state index is 0.789. The molecule has 1 fully saturated rings. The monoisotopic (exact) mass is 615 g/mol. The molecule has 0 saturated carbocycles. The van der Waals surface area contributed by atoms with Crippen molar-refractivity contribution in [3.8, 4) is 17.2 Å². The van der Waals surface area contributed by atoms with Crippen molar-refractivity contribution in [2.45, 2.75) is 78.9 Å². The number of hydrogen-bond acceptors (Lipinski definition) is 6. The zero-order valence-corrected chi connectivity index (χ0v) is 28.2. The molecule has 0 spiro atoms. The summed E-state index contributed by atoms with van der Waals surface area (Å²) in [5.41, 5.74) is 4.02. The van der Waals surface area contributed by atoms with E-state index in [1.165, 1.54) is 16.7 Å². The number of ether oxygens (including phenoxy) is 3. The summed E-state index contributed by atoms with van der Waals surface area (Å²) in [7, 11) is 0. The highest BCUT2D eigenvalue weighted by Crippen LogP contribution is 2.19. The van der Waals surface area contributed by atoms with Crippen molar-refractivity contribution in [2.24, 2.45) is 0 Å². The average Bonchev–Trinajstić information content (AvgIpc) is 3.15. The molecule has 0 radical (unpaired) electrons. The number of benzene rings is 3. The van der Waals surface area contributed by atoms with Gasteiger partial charge >= 0.3 is 0 Å². The molecular weight excluding hydrogens is 558 g/mol. The first-order valence-corrected chi connectivity index (χ1v) is 17.5. The Balaban J connectivity index is 1.39. The highest BCUT2D eigenvalue weighted by atomic mass is 16.5. The molecule has 0 aromatic heterocycles. The molecule has 1 aliphatic heterocycles. The Kier molecular flexibility index (Phi) is 15.6. The Morgan fingerprint density at radius 3 is 0.867 bits per heavy atom. The standard InChI is InChI=1S/C39H57N3O3/c1-4-7-28-43-37-16-10-34(11-17-37)31-40-22-24-41(32-35-12-18-38(19-13-35)44-29-8-5-2)26-27-42(25-23-40)33-36-14-20-39(21-15-36)45-30-9-6-3/h10-21H,4-9,22-33H2,1-3H3. The molecule has 3 aromatic rings. The fraction of sp³-hybridized carbons (Fsp3) is 0.538. The third-order valence-corrected chi connectivity index (χ3v) is 8.49. The molecule has 0 atom stereocenters. The number of hydrogen-bond donors (Lipinski definition) is 0. The fourth-order valence-electron chi connectivity index (χ4n) is 5.51. The lowest BCUT2D eigenvalue weighted by Gasteiger charge is -2.26. The van der Waals surface area contributed by atoms with Gasteiger partial charge in [0.25, 0.3) is 0 Å². The molecule has 6 nitrogen and oxygen atoms in total. The van der Waals surface area contributed by atoms with Gasteiger partial charge < -0.3 is 14.2 Å². The van der Waals surface area contributed by atoms with Crippen molar-refractivity contribution in [3.63, 3.8) is 0 Å². The molecule has 1 heterocycles. The quantitative estimate of drug-likeness (QED) is 0.135. The van der Waals surface area contributed by atoms with Crippen molar-refractivity contribution < 1.29 is 14.2 Å². The van der Waals surface area contributed by atoms with Gasteiger partial charge in [-0.1, -0.05) is 76.4 Å². The van der Waals surface area contributed by atoms with Crippen LogP contribution in [-0.4, -0.2) is 73.8 Å². The van der Waals surface area contributed by atoms with Crippen LogP contribution in [0.2, 0.25) is 0 Å². The summed E-state index contributed by atoms with van der Waals surface area (Å²) < 4.78 is 17.7. The van der Waals surface area contributed by atoms with Gasteiger partial charge in [0.05, 0.1) is 19.8 Å². The van der Waals surface area contributed by atoms with Gasteiger partial charge in [-0.25, -0.2) is 0 Å². The van der Waals surface area contributed by atoms with Crippen molar-refractivity contribution in [3.05, 3.63) is 89.5 Å². The molecule has 3 aromatic carbocycles. The first-order chi connectivity index (χ1) is 22.1. The van der Waals surface area contributed by atoms with Crippen LogP contribution in [0.5, 0.6) is 17.2 Å². The van der Waals surface area contributed by atoms with E-state index in [0.29, 0.717) is 0 Å². The van der Waals surface area contributed by atoms with E-state index in [9.17, 15) is 0 Å². The lowest BCUT2D eigenvalue weighted by atomic mass is 10.2. The van der Waals surface area contributed by atoms with Crippen LogP contribution >= 0.6 is 0 Å². The maximum atomic E-state index is 5.91. The first kappa shape index (κ1) is 34.8. The molecular formula is C39H57N3O3. The van der Waals surface area contributed by atoms with E-state index in [2.05, 4.69) is 108 Å². The van der Waals surface area contributed by atoms with Crippen molar-refractivity contribution in [1.29, 1.82) is 0 Å². The predicted molar refractivity (Wildman–Crippen MR) is 186 cm³/mol. The molecule has 45 heavy (non-hydrogen) atoms. The molecule has 0 aliphatic carbocycles. The van der Waals surface area contributed by atoms with Gasteiger partial charge in [0.1, 0.15) is 17.2 Å². The van der Waals surface area contributed by atoms with Crippen LogP contribution < -0.4 is 14.2 Å². The van der Waals surface area contributed by atoms with E-state index in [-0.39, 0.29) is 0 Å². The molecule has 1 saturated heterocycles. The molecule has 1 aliphatic rings. The second-order valence-corrected chi connectivity index (χ2v) is 12.4. The van der Waals surface area contributed by atoms with Crippen LogP contribution in [0.3, 0.4) is 0 Å². The van der Waals surface area contributed by atoms with E-state index in [1.54, 1.807) is 0 Å². The largest absolute Gasteiger partial charge is 0.494 e. The van der Waals surface area contributed by atoms with Crippen LogP contribution in [0.1, 0.15) is 76.0 Å². The minimum Gasteiger partial charge on any atom is -0.494 e.